The Bertz CT molecular complexity index is 886. The van der Waals surface area contributed by atoms with Gasteiger partial charge in [-0.05, 0) is 48.9 Å². The Morgan fingerprint density at radius 3 is 1.76 bits per heavy atom. The predicted octanol–water partition coefficient (Wildman–Crippen LogP) is 4.43. The van der Waals surface area contributed by atoms with E-state index < -0.39 is 11.9 Å². The van der Waals surface area contributed by atoms with Crippen molar-refractivity contribution in [1.29, 1.82) is 0 Å². The highest BCUT2D eigenvalue weighted by atomic mass is 16.5. The molecule has 0 aliphatic carbocycles. The summed E-state index contributed by atoms with van der Waals surface area (Å²) in [6, 6.07) is 22.4. The van der Waals surface area contributed by atoms with E-state index in [1.165, 1.54) is 6.07 Å². The molecule has 0 bridgehead atoms. The van der Waals surface area contributed by atoms with Gasteiger partial charge in [0.2, 0.25) is 0 Å². The van der Waals surface area contributed by atoms with Crippen LogP contribution in [0.5, 0.6) is 11.5 Å². The van der Waals surface area contributed by atoms with Crippen molar-refractivity contribution < 1.29 is 19.1 Å². The van der Waals surface area contributed by atoms with Gasteiger partial charge in [-0.25, -0.2) is 9.59 Å². The third kappa shape index (κ3) is 4.12. The molecule has 0 aromatic heterocycles. The number of benzene rings is 3. The van der Waals surface area contributed by atoms with Crippen molar-refractivity contribution in [2.24, 2.45) is 0 Å². The molecule has 3 rings (SSSR count). The van der Waals surface area contributed by atoms with Crippen LogP contribution in [0.3, 0.4) is 0 Å². The Kier molecular flexibility index (Phi) is 4.90. The van der Waals surface area contributed by atoms with Gasteiger partial charge in [0.15, 0.2) is 0 Å². The van der Waals surface area contributed by atoms with E-state index in [9.17, 15) is 9.59 Å². The third-order valence-electron chi connectivity index (χ3n) is 3.60. The minimum atomic E-state index is -0.528. The molecule has 0 saturated heterocycles. The van der Waals surface area contributed by atoms with Gasteiger partial charge in [-0.2, -0.15) is 0 Å². The quantitative estimate of drug-likeness (QED) is 0.524. The lowest BCUT2D eigenvalue weighted by Gasteiger charge is -2.09. The van der Waals surface area contributed by atoms with E-state index in [0.717, 1.165) is 5.56 Å². The van der Waals surface area contributed by atoms with Crippen LogP contribution in [0.2, 0.25) is 0 Å². The highest BCUT2D eigenvalue weighted by molar-refractivity contribution is 5.97. The van der Waals surface area contributed by atoms with Gasteiger partial charge in [0.1, 0.15) is 11.5 Å². The second-order valence-corrected chi connectivity index (χ2v) is 5.43. The number of rotatable bonds is 4. The van der Waals surface area contributed by atoms with Crippen LogP contribution in [0.4, 0.5) is 0 Å². The largest absolute Gasteiger partial charge is 0.423 e. The topological polar surface area (TPSA) is 52.6 Å². The Labute approximate surface area is 145 Å². The maximum Gasteiger partial charge on any atom is 0.343 e. The first-order valence-electron chi connectivity index (χ1n) is 7.78. The Hall–Kier alpha value is -3.40. The lowest BCUT2D eigenvalue weighted by Crippen LogP contribution is -2.14. The molecule has 3 aromatic carbocycles. The molecule has 0 aliphatic heterocycles. The number of carbonyl (C=O) groups is 2. The van der Waals surface area contributed by atoms with Crippen LogP contribution in [0.25, 0.3) is 0 Å². The Morgan fingerprint density at radius 1 is 0.680 bits per heavy atom. The highest BCUT2D eigenvalue weighted by Crippen LogP contribution is 2.18. The zero-order chi connectivity index (χ0) is 17.6. The number of ether oxygens (including phenoxy) is 2. The van der Waals surface area contributed by atoms with Crippen LogP contribution >= 0.6 is 0 Å². The molecule has 0 unspecified atom stereocenters. The van der Waals surface area contributed by atoms with Crippen LogP contribution in [0.15, 0.2) is 78.9 Å². The van der Waals surface area contributed by atoms with Crippen LogP contribution in [-0.2, 0) is 0 Å². The van der Waals surface area contributed by atoms with Gasteiger partial charge >= 0.3 is 11.9 Å². The number of hydrogen-bond acceptors (Lipinski definition) is 4. The summed E-state index contributed by atoms with van der Waals surface area (Å²) in [6.45, 7) is 1.79. The number of hydrogen-bond donors (Lipinski definition) is 0. The first-order valence-corrected chi connectivity index (χ1v) is 7.78. The lowest BCUT2D eigenvalue weighted by molar-refractivity contribution is 0.0734. The molecule has 0 fully saturated rings. The normalized spacial score (nSPS) is 10.1. The van der Waals surface area contributed by atoms with Crippen LogP contribution in [0, 0.1) is 6.92 Å². The molecule has 0 N–H and O–H groups in total. The van der Waals surface area contributed by atoms with Gasteiger partial charge < -0.3 is 9.47 Å². The molecule has 124 valence electrons. The van der Waals surface area contributed by atoms with Gasteiger partial charge in [0.25, 0.3) is 0 Å². The SMILES string of the molecule is Cc1ccc(C(=O)Oc2ccccc2)cc1C(=O)Oc1ccccc1. The Balaban J connectivity index is 1.80. The first-order chi connectivity index (χ1) is 12.1. The maximum atomic E-state index is 12.4. The summed E-state index contributed by atoms with van der Waals surface area (Å²) in [6.07, 6.45) is 0. The van der Waals surface area contributed by atoms with Crippen molar-refractivity contribution in [2.75, 3.05) is 0 Å². The maximum absolute atomic E-state index is 12.4. The van der Waals surface area contributed by atoms with E-state index in [0.29, 0.717) is 17.1 Å². The van der Waals surface area contributed by atoms with E-state index in [-0.39, 0.29) is 5.56 Å². The molecule has 25 heavy (non-hydrogen) atoms. The molecule has 4 heteroatoms. The third-order valence-corrected chi connectivity index (χ3v) is 3.60. The average molecular weight is 332 g/mol. The zero-order valence-electron chi connectivity index (χ0n) is 13.6. The molecule has 0 atom stereocenters. The summed E-state index contributed by atoms with van der Waals surface area (Å²) in [5, 5.41) is 0. The Morgan fingerprint density at radius 2 is 1.20 bits per heavy atom. The van der Waals surface area contributed by atoms with Gasteiger partial charge in [-0.1, -0.05) is 42.5 Å². The average Bonchev–Trinajstić information content (AvgIpc) is 2.63. The molecule has 0 amide bonds. The van der Waals surface area contributed by atoms with Gasteiger partial charge in [0, 0.05) is 0 Å². The van der Waals surface area contributed by atoms with E-state index in [1.54, 1.807) is 67.6 Å². The fourth-order valence-electron chi connectivity index (χ4n) is 2.27. The minimum Gasteiger partial charge on any atom is -0.423 e. The van der Waals surface area contributed by atoms with Crippen LogP contribution in [0.1, 0.15) is 26.3 Å². The van der Waals surface area contributed by atoms with Gasteiger partial charge in [-0.3, -0.25) is 0 Å². The van der Waals surface area contributed by atoms with Gasteiger partial charge in [-0.15, -0.1) is 0 Å². The second kappa shape index (κ2) is 7.45. The fourth-order valence-corrected chi connectivity index (χ4v) is 2.27. The summed E-state index contributed by atoms with van der Waals surface area (Å²) in [7, 11) is 0. The molecule has 0 spiro atoms. The molecule has 4 nitrogen and oxygen atoms in total. The van der Waals surface area contributed by atoms with E-state index in [1.807, 2.05) is 12.1 Å². The summed E-state index contributed by atoms with van der Waals surface area (Å²) in [5.74, 6) is -0.149. The van der Waals surface area contributed by atoms with Crippen molar-refractivity contribution in [1.82, 2.24) is 0 Å². The zero-order valence-corrected chi connectivity index (χ0v) is 13.6. The van der Waals surface area contributed by atoms with Crippen LogP contribution in [-0.4, -0.2) is 11.9 Å². The summed E-state index contributed by atoms with van der Waals surface area (Å²) in [5.41, 5.74) is 1.33. The van der Waals surface area contributed by atoms with E-state index in [2.05, 4.69) is 0 Å². The summed E-state index contributed by atoms with van der Waals surface area (Å²) in [4.78, 5) is 24.7. The number of carbonyl (C=O) groups excluding carboxylic acids is 2. The number of para-hydroxylation sites is 2. The highest BCUT2D eigenvalue weighted by Gasteiger charge is 2.16. The van der Waals surface area contributed by atoms with Crippen molar-refractivity contribution in [3.63, 3.8) is 0 Å². The summed E-state index contributed by atoms with van der Waals surface area (Å²) >= 11 is 0. The second-order valence-electron chi connectivity index (χ2n) is 5.43. The van der Waals surface area contributed by atoms with Crippen molar-refractivity contribution in [3.05, 3.63) is 95.6 Å². The molecule has 0 heterocycles. The van der Waals surface area contributed by atoms with E-state index >= 15 is 0 Å². The van der Waals surface area contributed by atoms with Gasteiger partial charge in [0.05, 0.1) is 11.1 Å². The molecule has 0 aliphatic rings. The van der Waals surface area contributed by atoms with E-state index in [4.69, 9.17) is 9.47 Å². The molecular weight excluding hydrogens is 316 g/mol. The van der Waals surface area contributed by atoms with Crippen molar-refractivity contribution >= 4 is 11.9 Å². The van der Waals surface area contributed by atoms with Crippen molar-refractivity contribution in [3.8, 4) is 11.5 Å². The van der Waals surface area contributed by atoms with Crippen LogP contribution < -0.4 is 9.47 Å². The minimum absolute atomic E-state index is 0.287. The molecule has 3 aromatic rings. The monoisotopic (exact) mass is 332 g/mol. The standard InChI is InChI=1S/C21H16O4/c1-15-12-13-16(20(22)24-17-8-4-2-5-9-17)14-19(15)21(23)25-18-10-6-3-7-11-18/h2-14H,1H3. The number of aryl methyl sites for hydroxylation is 1. The van der Waals surface area contributed by atoms with Crippen molar-refractivity contribution in [2.45, 2.75) is 6.92 Å². The summed E-state index contributed by atoms with van der Waals surface area (Å²) < 4.78 is 10.6. The predicted molar refractivity (Wildman–Crippen MR) is 94.0 cm³/mol. The number of esters is 2. The first kappa shape index (κ1) is 16.5. The lowest BCUT2D eigenvalue weighted by atomic mass is 10.1. The molecular formula is C21H16O4. The molecule has 0 saturated carbocycles. The molecule has 0 radical (unpaired) electrons. The smallest absolute Gasteiger partial charge is 0.343 e. The fraction of sp³-hybridized carbons (Fsp3) is 0.0476.